The van der Waals surface area contributed by atoms with Crippen LogP contribution in [0, 0.1) is 19.8 Å². The molecular formula is C23H35N3O6S. The Morgan fingerprint density at radius 3 is 2.27 bits per heavy atom. The molecule has 0 radical (unpaired) electrons. The van der Waals surface area contributed by atoms with Gasteiger partial charge in [0.05, 0.1) is 11.3 Å². The number of benzene rings is 1. The maximum atomic E-state index is 13.0. The summed E-state index contributed by atoms with van der Waals surface area (Å²) in [6.45, 7) is 9.96. The van der Waals surface area contributed by atoms with Gasteiger partial charge >= 0.3 is 5.97 Å². The van der Waals surface area contributed by atoms with Gasteiger partial charge in [-0.25, -0.2) is 8.42 Å². The number of piperazine rings is 1. The van der Waals surface area contributed by atoms with Gasteiger partial charge in [-0.15, -0.1) is 0 Å². The number of nitrogens with one attached hydrogen (secondary N) is 1. The van der Waals surface area contributed by atoms with Crippen molar-refractivity contribution in [2.45, 2.75) is 58.4 Å². The van der Waals surface area contributed by atoms with Gasteiger partial charge in [-0.3, -0.25) is 14.4 Å². The van der Waals surface area contributed by atoms with E-state index in [1.54, 1.807) is 24.0 Å². The molecule has 0 aliphatic carbocycles. The number of ether oxygens (including phenoxy) is 1. The summed E-state index contributed by atoms with van der Waals surface area (Å²) in [4.78, 5) is 38.0. The highest BCUT2D eigenvalue weighted by Crippen LogP contribution is 2.22. The number of carbonyl (C=O) groups is 3. The molecule has 1 N–H and O–H groups in total. The third-order valence-electron chi connectivity index (χ3n) is 5.85. The number of amides is 2. The van der Waals surface area contributed by atoms with Crippen molar-refractivity contribution < 1.29 is 27.5 Å². The first kappa shape index (κ1) is 26.8. The molecule has 0 bridgehead atoms. The van der Waals surface area contributed by atoms with Crippen LogP contribution in [-0.2, 0) is 29.1 Å². The highest BCUT2D eigenvalue weighted by atomic mass is 32.2. The molecule has 1 aromatic carbocycles. The minimum absolute atomic E-state index is 0.0323. The number of rotatable bonds is 9. The molecule has 1 aromatic rings. The maximum absolute atomic E-state index is 13.0. The van der Waals surface area contributed by atoms with Crippen molar-refractivity contribution in [3.05, 3.63) is 29.3 Å². The fraction of sp³-hybridized carbons (Fsp3) is 0.609. The van der Waals surface area contributed by atoms with Crippen molar-refractivity contribution in [3.8, 4) is 0 Å². The van der Waals surface area contributed by atoms with E-state index in [2.05, 4.69) is 5.32 Å². The highest BCUT2D eigenvalue weighted by Gasteiger charge is 2.31. The molecule has 0 aromatic heterocycles. The number of hydrogen-bond donors (Lipinski definition) is 1. The van der Waals surface area contributed by atoms with E-state index >= 15 is 0 Å². The Hall–Kier alpha value is -2.46. The largest absolute Gasteiger partial charge is 0.456 e. The third-order valence-corrected chi connectivity index (χ3v) is 7.89. The molecule has 1 saturated heterocycles. The molecule has 1 fully saturated rings. The monoisotopic (exact) mass is 481 g/mol. The minimum Gasteiger partial charge on any atom is -0.456 e. The zero-order chi connectivity index (χ0) is 24.8. The summed E-state index contributed by atoms with van der Waals surface area (Å²) in [5.41, 5.74) is 1.55. The highest BCUT2D eigenvalue weighted by molar-refractivity contribution is 7.89. The van der Waals surface area contributed by atoms with E-state index in [9.17, 15) is 22.8 Å². The molecule has 33 heavy (non-hydrogen) atoms. The van der Waals surface area contributed by atoms with Crippen LogP contribution in [0.1, 0.15) is 44.7 Å². The van der Waals surface area contributed by atoms with E-state index in [4.69, 9.17) is 4.74 Å². The Morgan fingerprint density at radius 1 is 1.03 bits per heavy atom. The molecule has 1 unspecified atom stereocenters. The number of aryl methyl sites for hydroxylation is 2. The van der Waals surface area contributed by atoms with Crippen LogP contribution >= 0.6 is 0 Å². The van der Waals surface area contributed by atoms with Gasteiger partial charge < -0.3 is 15.0 Å². The quantitative estimate of drug-likeness (QED) is 0.536. The van der Waals surface area contributed by atoms with Gasteiger partial charge in [0.15, 0.2) is 6.61 Å². The molecule has 0 spiro atoms. The average Bonchev–Trinajstić information content (AvgIpc) is 2.77. The molecule has 2 rings (SSSR count). The lowest BCUT2D eigenvalue weighted by Gasteiger charge is -2.34. The fourth-order valence-electron chi connectivity index (χ4n) is 3.35. The van der Waals surface area contributed by atoms with Gasteiger partial charge in [0, 0.05) is 38.6 Å². The molecule has 184 valence electrons. The lowest BCUT2D eigenvalue weighted by Crippen LogP contribution is -2.50. The number of esters is 1. The van der Waals surface area contributed by atoms with Crippen molar-refractivity contribution in [2.24, 2.45) is 5.92 Å². The van der Waals surface area contributed by atoms with Gasteiger partial charge in [-0.05, 0) is 43.9 Å². The van der Waals surface area contributed by atoms with Crippen LogP contribution < -0.4 is 5.32 Å². The molecule has 1 heterocycles. The Balaban J connectivity index is 1.78. The zero-order valence-electron chi connectivity index (χ0n) is 20.1. The fourth-order valence-corrected chi connectivity index (χ4v) is 5.08. The molecule has 1 aliphatic rings. The Labute approximate surface area is 196 Å². The van der Waals surface area contributed by atoms with E-state index in [1.807, 2.05) is 33.8 Å². The summed E-state index contributed by atoms with van der Waals surface area (Å²) in [5, 5.41) is 2.74. The summed E-state index contributed by atoms with van der Waals surface area (Å²) in [5.74, 6) is -0.976. The predicted octanol–water partition coefficient (Wildman–Crippen LogP) is 1.62. The summed E-state index contributed by atoms with van der Waals surface area (Å²) in [7, 11) is -3.64. The first-order valence-corrected chi connectivity index (χ1v) is 12.7. The summed E-state index contributed by atoms with van der Waals surface area (Å²) < 4.78 is 32.4. The van der Waals surface area contributed by atoms with Crippen LogP contribution in [0.2, 0.25) is 0 Å². The minimum atomic E-state index is -3.64. The topological polar surface area (TPSA) is 113 Å². The van der Waals surface area contributed by atoms with Gasteiger partial charge in [-0.1, -0.05) is 26.0 Å². The first-order chi connectivity index (χ1) is 15.4. The molecule has 2 amide bonds. The summed E-state index contributed by atoms with van der Waals surface area (Å²) >= 11 is 0. The standard InChI is InChI=1S/C23H35N3O6S/c1-16(2)19(5)24-21(27)15-32-23(29)9-8-22(28)25-10-12-26(13-11-25)33(30,31)20-14-17(3)6-7-18(20)4/h6-7,14,16,19H,8-13,15H2,1-5H3,(H,24,27). The Morgan fingerprint density at radius 2 is 1.67 bits per heavy atom. The smallest absolute Gasteiger partial charge is 0.306 e. The predicted molar refractivity (Wildman–Crippen MR) is 124 cm³/mol. The molecular weight excluding hydrogens is 446 g/mol. The molecule has 1 aliphatic heterocycles. The average molecular weight is 482 g/mol. The van der Waals surface area contributed by atoms with Crippen LogP contribution in [0.15, 0.2) is 23.1 Å². The first-order valence-electron chi connectivity index (χ1n) is 11.2. The number of sulfonamides is 1. The van der Waals surface area contributed by atoms with Crippen molar-refractivity contribution >= 4 is 27.8 Å². The van der Waals surface area contributed by atoms with Gasteiger partial charge in [0.25, 0.3) is 5.91 Å². The van der Waals surface area contributed by atoms with Crippen LogP contribution in [0.4, 0.5) is 0 Å². The molecule has 1 atom stereocenters. The second-order valence-corrected chi connectivity index (χ2v) is 10.7. The van der Waals surface area contributed by atoms with Crippen molar-refractivity contribution in [1.82, 2.24) is 14.5 Å². The van der Waals surface area contributed by atoms with Crippen molar-refractivity contribution in [3.63, 3.8) is 0 Å². The Kier molecular flexibility index (Phi) is 9.42. The van der Waals surface area contributed by atoms with Gasteiger partial charge in [0.2, 0.25) is 15.9 Å². The van der Waals surface area contributed by atoms with Crippen molar-refractivity contribution in [1.29, 1.82) is 0 Å². The Bertz CT molecular complexity index is 968. The normalized spacial score (nSPS) is 15.9. The second-order valence-electron chi connectivity index (χ2n) is 8.81. The van der Waals surface area contributed by atoms with Gasteiger partial charge in [0.1, 0.15) is 0 Å². The SMILES string of the molecule is Cc1ccc(C)c(S(=O)(=O)N2CCN(C(=O)CCC(=O)OCC(=O)NC(C)C(C)C)CC2)c1. The molecule has 10 heteroatoms. The van der Waals surface area contributed by atoms with E-state index in [0.717, 1.165) is 5.56 Å². The summed E-state index contributed by atoms with van der Waals surface area (Å²) in [6, 6.07) is 5.29. The van der Waals surface area contributed by atoms with Crippen LogP contribution in [0.25, 0.3) is 0 Å². The second kappa shape index (κ2) is 11.6. The van der Waals surface area contributed by atoms with Crippen molar-refractivity contribution in [2.75, 3.05) is 32.8 Å². The van der Waals surface area contributed by atoms with E-state index in [1.165, 1.54) is 4.31 Å². The van der Waals surface area contributed by atoms with Crippen LogP contribution in [0.3, 0.4) is 0 Å². The van der Waals surface area contributed by atoms with E-state index in [-0.39, 0.29) is 74.3 Å². The molecule has 9 nitrogen and oxygen atoms in total. The zero-order valence-corrected chi connectivity index (χ0v) is 20.9. The lowest BCUT2D eigenvalue weighted by molar-refractivity contribution is -0.150. The third kappa shape index (κ3) is 7.53. The van der Waals surface area contributed by atoms with E-state index < -0.39 is 16.0 Å². The van der Waals surface area contributed by atoms with E-state index in [0.29, 0.717) is 5.56 Å². The number of carbonyl (C=O) groups excluding carboxylic acids is 3. The number of hydrogen-bond acceptors (Lipinski definition) is 6. The lowest BCUT2D eigenvalue weighted by atomic mass is 10.1. The maximum Gasteiger partial charge on any atom is 0.306 e. The molecule has 0 saturated carbocycles. The van der Waals surface area contributed by atoms with Crippen LogP contribution in [-0.4, -0.2) is 74.2 Å². The van der Waals surface area contributed by atoms with Crippen LogP contribution in [0.5, 0.6) is 0 Å². The number of nitrogens with zero attached hydrogens (tertiary/aromatic N) is 2. The van der Waals surface area contributed by atoms with Gasteiger partial charge in [-0.2, -0.15) is 4.31 Å². The summed E-state index contributed by atoms with van der Waals surface area (Å²) in [6.07, 6.45) is -0.181.